The third kappa shape index (κ3) is 2.39. The second-order valence-corrected chi connectivity index (χ2v) is 4.80. The lowest BCUT2D eigenvalue weighted by atomic mass is 9.68. The molecule has 0 saturated heterocycles. The number of alkyl halides is 2. The van der Waals surface area contributed by atoms with Crippen LogP contribution in [-0.4, -0.2) is 29.1 Å². The number of methoxy groups -OCH3 is 1. The summed E-state index contributed by atoms with van der Waals surface area (Å²) in [7, 11) is 1.39. The molecule has 1 N–H and O–H groups in total. The summed E-state index contributed by atoms with van der Waals surface area (Å²) >= 11 is 0. The van der Waals surface area contributed by atoms with Crippen LogP contribution in [0.25, 0.3) is 0 Å². The van der Waals surface area contributed by atoms with Gasteiger partial charge in [0.2, 0.25) is 11.8 Å². The van der Waals surface area contributed by atoms with E-state index in [4.69, 9.17) is 4.74 Å². The standard InChI is InChI=1S/C13H15F2NO3/c1-19-10-9(3-2-8-16-10)12(11(17)18)4-6-13(14,15)7-5-12/h2-3,8H,4-7H2,1H3,(H,17,18). The van der Waals surface area contributed by atoms with Crippen molar-refractivity contribution >= 4 is 5.97 Å². The van der Waals surface area contributed by atoms with Gasteiger partial charge in [-0.15, -0.1) is 0 Å². The highest BCUT2D eigenvalue weighted by Crippen LogP contribution is 2.47. The van der Waals surface area contributed by atoms with E-state index in [1.165, 1.54) is 13.3 Å². The Morgan fingerprint density at radius 2 is 2.00 bits per heavy atom. The van der Waals surface area contributed by atoms with Gasteiger partial charge in [0.25, 0.3) is 0 Å². The summed E-state index contributed by atoms with van der Waals surface area (Å²) in [5.74, 6) is -3.70. The minimum absolute atomic E-state index is 0.114. The van der Waals surface area contributed by atoms with Gasteiger partial charge in [-0.05, 0) is 18.9 Å². The molecule has 104 valence electrons. The molecule has 1 heterocycles. The van der Waals surface area contributed by atoms with Gasteiger partial charge in [0.1, 0.15) is 0 Å². The molecule has 1 aromatic rings. The third-order valence-electron chi connectivity index (χ3n) is 3.72. The predicted octanol–water partition coefficient (Wildman–Crippen LogP) is 2.62. The first-order valence-corrected chi connectivity index (χ1v) is 6.02. The normalized spacial score (nSPS) is 20.8. The summed E-state index contributed by atoms with van der Waals surface area (Å²) in [5.41, 5.74) is -0.957. The molecule has 0 unspecified atom stereocenters. The van der Waals surface area contributed by atoms with Gasteiger partial charge in [0.05, 0.1) is 12.5 Å². The first kappa shape index (κ1) is 13.7. The molecule has 2 rings (SSSR count). The number of nitrogens with zero attached hydrogens (tertiary/aromatic N) is 1. The summed E-state index contributed by atoms with van der Waals surface area (Å²) in [6, 6.07) is 3.18. The fraction of sp³-hybridized carbons (Fsp3) is 0.538. The SMILES string of the molecule is COc1ncccc1C1(C(=O)O)CCC(F)(F)CC1. The van der Waals surface area contributed by atoms with Crippen molar-refractivity contribution in [2.45, 2.75) is 37.0 Å². The van der Waals surface area contributed by atoms with E-state index >= 15 is 0 Å². The molecule has 6 heteroatoms. The molecule has 0 bridgehead atoms. The number of carboxylic acid groups (broad SMARTS) is 1. The number of aliphatic carboxylic acids is 1. The lowest BCUT2D eigenvalue weighted by Crippen LogP contribution is -2.43. The van der Waals surface area contributed by atoms with Gasteiger partial charge in [0.15, 0.2) is 0 Å². The Labute approximate surface area is 109 Å². The van der Waals surface area contributed by atoms with Crippen molar-refractivity contribution in [3.05, 3.63) is 23.9 Å². The van der Waals surface area contributed by atoms with E-state index in [1.54, 1.807) is 12.1 Å². The minimum atomic E-state index is -2.78. The molecule has 1 aliphatic carbocycles. The smallest absolute Gasteiger partial charge is 0.314 e. The number of halogens is 2. The number of ether oxygens (including phenoxy) is 1. The maximum Gasteiger partial charge on any atom is 0.314 e. The predicted molar refractivity (Wildman–Crippen MR) is 63.5 cm³/mol. The van der Waals surface area contributed by atoms with Crippen LogP contribution in [-0.2, 0) is 10.2 Å². The molecule has 0 amide bonds. The number of hydrogen-bond donors (Lipinski definition) is 1. The molecular weight excluding hydrogens is 256 g/mol. The van der Waals surface area contributed by atoms with E-state index in [-0.39, 0.29) is 18.7 Å². The van der Waals surface area contributed by atoms with Crippen molar-refractivity contribution in [1.29, 1.82) is 0 Å². The average Bonchev–Trinajstić information content (AvgIpc) is 2.39. The highest BCUT2D eigenvalue weighted by Gasteiger charge is 2.50. The largest absolute Gasteiger partial charge is 0.481 e. The van der Waals surface area contributed by atoms with Crippen molar-refractivity contribution in [3.63, 3.8) is 0 Å². The van der Waals surface area contributed by atoms with E-state index in [9.17, 15) is 18.7 Å². The van der Waals surface area contributed by atoms with Crippen molar-refractivity contribution in [1.82, 2.24) is 4.98 Å². The fourth-order valence-electron chi connectivity index (χ4n) is 2.56. The molecule has 19 heavy (non-hydrogen) atoms. The van der Waals surface area contributed by atoms with Crippen molar-refractivity contribution < 1.29 is 23.4 Å². The van der Waals surface area contributed by atoms with Crippen LogP contribution in [0.2, 0.25) is 0 Å². The Bertz CT molecular complexity index is 481. The van der Waals surface area contributed by atoms with E-state index in [0.29, 0.717) is 5.56 Å². The third-order valence-corrected chi connectivity index (χ3v) is 3.72. The van der Waals surface area contributed by atoms with Crippen LogP contribution in [0.15, 0.2) is 18.3 Å². The number of carbonyl (C=O) groups is 1. The molecular formula is C13H15F2NO3. The van der Waals surface area contributed by atoms with Crippen LogP contribution >= 0.6 is 0 Å². The average molecular weight is 271 g/mol. The van der Waals surface area contributed by atoms with E-state index < -0.39 is 30.1 Å². The van der Waals surface area contributed by atoms with Gasteiger partial charge in [0, 0.05) is 24.6 Å². The highest BCUT2D eigenvalue weighted by molar-refractivity contribution is 5.82. The molecule has 0 aromatic carbocycles. The van der Waals surface area contributed by atoms with Gasteiger partial charge in [-0.2, -0.15) is 0 Å². The minimum Gasteiger partial charge on any atom is -0.481 e. The van der Waals surface area contributed by atoms with Crippen LogP contribution in [0.3, 0.4) is 0 Å². The Morgan fingerprint density at radius 3 is 2.53 bits per heavy atom. The monoisotopic (exact) mass is 271 g/mol. The van der Waals surface area contributed by atoms with E-state index in [2.05, 4.69) is 4.98 Å². The molecule has 0 aliphatic heterocycles. The van der Waals surface area contributed by atoms with Gasteiger partial charge in [-0.3, -0.25) is 4.79 Å². The molecule has 1 fully saturated rings. The lowest BCUT2D eigenvalue weighted by Gasteiger charge is -2.37. The molecule has 0 spiro atoms. The van der Waals surface area contributed by atoms with Crippen LogP contribution < -0.4 is 4.74 Å². The maximum atomic E-state index is 13.3. The first-order valence-electron chi connectivity index (χ1n) is 6.02. The summed E-state index contributed by atoms with van der Waals surface area (Å²) < 4.78 is 31.6. The summed E-state index contributed by atoms with van der Waals surface area (Å²) in [6.07, 6.45) is 0.388. The zero-order valence-electron chi connectivity index (χ0n) is 10.5. The van der Waals surface area contributed by atoms with Crippen molar-refractivity contribution in [2.24, 2.45) is 0 Å². The maximum absolute atomic E-state index is 13.3. The topological polar surface area (TPSA) is 59.4 Å². The first-order chi connectivity index (χ1) is 8.91. The van der Waals surface area contributed by atoms with Gasteiger partial charge in [-0.1, -0.05) is 6.07 Å². The molecule has 1 aliphatic rings. The molecule has 4 nitrogen and oxygen atoms in total. The van der Waals surface area contributed by atoms with Crippen LogP contribution in [0.1, 0.15) is 31.2 Å². The van der Waals surface area contributed by atoms with Crippen molar-refractivity contribution in [3.8, 4) is 5.88 Å². The van der Waals surface area contributed by atoms with Gasteiger partial charge < -0.3 is 9.84 Å². The Hall–Kier alpha value is -1.72. The van der Waals surface area contributed by atoms with Crippen LogP contribution in [0.5, 0.6) is 5.88 Å². The Kier molecular flexibility index (Phi) is 3.43. The number of rotatable bonds is 3. The number of carboxylic acids is 1. The number of hydrogen-bond acceptors (Lipinski definition) is 3. The zero-order valence-corrected chi connectivity index (χ0v) is 10.5. The van der Waals surface area contributed by atoms with Gasteiger partial charge >= 0.3 is 5.97 Å². The Morgan fingerprint density at radius 1 is 1.37 bits per heavy atom. The number of aromatic nitrogens is 1. The quantitative estimate of drug-likeness (QED) is 0.918. The van der Waals surface area contributed by atoms with E-state index in [0.717, 1.165) is 0 Å². The summed E-state index contributed by atoms with van der Waals surface area (Å²) in [6.45, 7) is 0. The van der Waals surface area contributed by atoms with Crippen molar-refractivity contribution in [2.75, 3.05) is 7.11 Å². The van der Waals surface area contributed by atoms with Gasteiger partial charge in [-0.25, -0.2) is 13.8 Å². The fourth-order valence-corrected chi connectivity index (χ4v) is 2.56. The van der Waals surface area contributed by atoms with E-state index in [1.807, 2.05) is 0 Å². The molecule has 0 atom stereocenters. The molecule has 1 aromatic heterocycles. The second-order valence-electron chi connectivity index (χ2n) is 4.80. The van der Waals surface area contributed by atoms with Crippen LogP contribution in [0.4, 0.5) is 8.78 Å². The summed E-state index contributed by atoms with van der Waals surface area (Å²) in [5, 5.41) is 9.50. The van der Waals surface area contributed by atoms with Crippen LogP contribution in [0, 0.1) is 0 Å². The second kappa shape index (κ2) is 4.75. The molecule has 0 radical (unpaired) electrons. The number of pyridine rings is 1. The summed E-state index contributed by atoms with van der Waals surface area (Å²) in [4.78, 5) is 15.6. The Balaban J connectivity index is 2.44. The molecule has 1 saturated carbocycles. The lowest BCUT2D eigenvalue weighted by molar-refractivity contribution is -0.149. The highest BCUT2D eigenvalue weighted by atomic mass is 19.3. The zero-order chi connectivity index (χ0) is 14.1.